The molecule has 2 rings (SSSR count). The number of nitrogens with two attached hydrogens (primary N) is 1. The van der Waals surface area contributed by atoms with Crippen LogP contribution in [0.1, 0.15) is 15.3 Å². The smallest absolute Gasteiger partial charge is 0.263 e. The lowest BCUT2D eigenvalue weighted by atomic mass is 10.3. The van der Waals surface area contributed by atoms with Gasteiger partial charge in [0.05, 0.1) is 11.9 Å². The lowest BCUT2D eigenvalue weighted by Gasteiger charge is -2.07. The summed E-state index contributed by atoms with van der Waals surface area (Å²) in [5.41, 5.74) is 6.88. The van der Waals surface area contributed by atoms with Crippen LogP contribution in [0.15, 0.2) is 29.4 Å². The van der Waals surface area contributed by atoms with Crippen LogP contribution in [0.4, 0.5) is 5.69 Å². The van der Waals surface area contributed by atoms with Gasteiger partial charge in [-0.25, -0.2) is 8.42 Å². The number of rotatable bonds is 4. The van der Waals surface area contributed by atoms with Gasteiger partial charge >= 0.3 is 0 Å². The minimum Gasteiger partial charge on any atom is -0.326 e. The summed E-state index contributed by atoms with van der Waals surface area (Å²) < 4.78 is 27.1. The van der Waals surface area contributed by atoms with E-state index in [2.05, 4.69) is 9.71 Å². The molecule has 0 saturated carbocycles. The van der Waals surface area contributed by atoms with Crippen molar-refractivity contribution < 1.29 is 8.42 Å². The van der Waals surface area contributed by atoms with Crippen LogP contribution in [0.2, 0.25) is 0 Å². The van der Waals surface area contributed by atoms with Crippen molar-refractivity contribution >= 4 is 27.0 Å². The third-order valence-electron chi connectivity index (χ3n) is 2.54. The number of aryl methyl sites for hydroxylation is 2. The molecule has 2 aromatic rings. The van der Waals surface area contributed by atoms with Crippen molar-refractivity contribution in [1.29, 1.82) is 0 Å². The van der Waals surface area contributed by atoms with Crippen molar-refractivity contribution in [3.63, 3.8) is 0 Å². The Morgan fingerprint density at radius 3 is 2.63 bits per heavy atom. The molecule has 3 N–H and O–H groups in total. The number of hydrogen-bond donors (Lipinski definition) is 2. The van der Waals surface area contributed by atoms with Gasteiger partial charge in [0.2, 0.25) is 0 Å². The van der Waals surface area contributed by atoms with E-state index in [1.807, 2.05) is 6.92 Å². The van der Waals surface area contributed by atoms with Gasteiger partial charge < -0.3 is 5.73 Å². The van der Waals surface area contributed by atoms with Crippen LogP contribution in [0.3, 0.4) is 0 Å². The average Bonchev–Trinajstić information content (AvgIpc) is 2.71. The third kappa shape index (κ3) is 3.12. The Hall–Kier alpha value is -1.44. The monoisotopic (exact) mass is 297 g/mol. The summed E-state index contributed by atoms with van der Waals surface area (Å²) in [6.45, 7) is 3.97. The molecule has 0 aromatic carbocycles. The van der Waals surface area contributed by atoms with Gasteiger partial charge in [0, 0.05) is 22.5 Å². The first-order valence-corrected chi connectivity index (χ1v) is 7.96. The Morgan fingerprint density at radius 2 is 2.05 bits per heavy atom. The molecule has 0 aliphatic rings. The number of nitrogens with one attached hydrogen (secondary N) is 1. The molecule has 0 unspecified atom stereocenters. The standard InChI is InChI=1S/C12H15N3O2S2/c1-8-3-10(7-14-6-8)15-19(16,17)12-4-11(5-13)18-9(12)2/h3-4,6-7,15H,5,13H2,1-2H3. The molecule has 0 radical (unpaired) electrons. The second-order valence-corrected chi connectivity index (χ2v) is 7.19. The highest BCUT2D eigenvalue weighted by atomic mass is 32.2. The maximum absolute atomic E-state index is 12.3. The molecule has 7 heteroatoms. The molecule has 0 atom stereocenters. The topological polar surface area (TPSA) is 85.1 Å². The number of nitrogens with zero attached hydrogens (tertiary/aromatic N) is 1. The highest BCUT2D eigenvalue weighted by Crippen LogP contribution is 2.27. The van der Waals surface area contributed by atoms with E-state index in [-0.39, 0.29) is 4.90 Å². The number of hydrogen-bond acceptors (Lipinski definition) is 5. The summed E-state index contributed by atoms with van der Waals surface area (Å²) in [7, 11) is -3.59. The van der Waals surface area contributed by atoms with E-state index in [1.165, 1.54) is 17.5 Å². The molecular formula is C12H15N3O2S2. The van der Waals surface area contributed by atoms with Crippen molar-refractivity contribution in [3.05, 3.63) is 39.8 Å². The van der Waals surface area contributed by atoms with Gasteiger partial charge in [-0.15, -0.1) is 11.3 Å². The van der Waals surface area contributed by atoms with Crippen LogP contribution >= 0.6 is 11.3 Å². The van der Waals surface area contributed by atoms with Gasteiger partial charge in [-0.2, -0.15) is 0 Å². The van der Waals surface area contributed by atoms with Gasteiger partial charge in [-0.1, -0.05) is 0 Å². The highest BCUT2D eigenvalue weighted by molar-refractivity contribution is 7.93. The highest BCUT2D eigenvalue weighted by Gasteiger charge is 2.19. The number of pyridine rings is 1. The lowest BCUT2D eigenvalue weighted by Crippen LogP contribution is -2.13. The fourth-order valence-corrected chi connectivity index (χ4v) is 4.26. The Balaban J connectivity index is 2.34. The van der Waals surface area contributed by atoms with Gasteiger partial charge in [0.25, 0.3) is 10.0 Å². The fourth-order valence-electron chi connectivity index (χ4n) is 1.71. The molecule has 2 aromatic heterocycles. The molecule has 102 valence electrons. The van der Waals surface area contributed by atoms with Crippen molar-refractivity contribution in [1.82, 2.24) is 4.98 Å². The molecule has 0 fully saturated rings. The van der Waals surface area contributed by atoms with Crippen LogP contribution in [0.5, 0.6) is 0 Å². The quantitative estimate of drug-likeness (QED) is 0.904. The van der Waals surface area contributed by atoms with E-state index in [0.717, 1.165) is 15.3 Å². The maximum atomic E-state index is 12.3. The van der Waals surface area contributed by atoms with E-state index < -0.39 is 10.0 Å². The molecule has 0 saturated heterocycles. The zero-order chi connectivity index (χ0) is 14.0. The zero-order valence-electron chi connectivity index (χ0n) is 10.7. The Labute approximate surface area is 116 Å². The summed E-state index contributed by atoms with van der Waals surface area (Å²) >= 11 is 1.40. The predicted molar refractivity (Wildman–Crippen MR) is 76.7 cm³/mol. The number of anilines is 1. The predicted octanol–water partition coefficient (Wildman–Crippen LogP) is 2.02. The normalized spacial score (nSPS) is 11.5. The van der Waals surface area contributed by atoms with Gasteiger partial charge in [0.15, 0.2) is 0 Å². The zero-order valence-corrected chi connectivity index (χ0v) is 12.3. The molecule has 2 heterocycles. The molecule has 0 amide bonds. The largest absolute Gasteiger partial charge is 0.326 e. The maximum Gasteiger partial charge on any atom is 0.263 e. The number of aromatic nitrogens is 1. The van der Waals surface area contributed by atoms with Crippen LogP contribution in [0.25, 0.3) is 0 Å². The van der Waals surface area contributed by atoms with Crippen LogP contribution in [0, 0.1) is 13.8 Å². The summed E-state index contributed by atoms with van der Waals surface area (Å²) in [4.78, 5) is 5.82. The van der Waals surface area contributed by atoms with Crippen LogP contribution in [-0.4, -0.2) is 13.4 Å². The van der Waals surface area contributed by atoms with E-state index in [0.29, 0.717) is 12.2 Å². The summed E-state index contributed by atoms with van der Waals surface area (Å²) in [6.07, 6.45) is 3.15. The Kier molecular flexibility index (Phi) is 3.88. The van der Waals surface area contributed by atoms with E-state index in [4.69, 9.17) is 5.73 Å². The lowest BCUT2D eigenvalue weighted by molar-refractivity contribution is 0.601. The van der Waals surface area contributed by atoms with Gasteiger partial charge in [-0.05, 0) is 31.5 Å². The second-order valence-electron chi connectivity index (χ2n) is 4.19. The minimum atomic E-state index is -3.59. The minimum absolute atomic E-state index is 0.277. The summed E-state index contributed by atoms with van der Waals surface area (Å²) in [5, 5.41) is 0. The van der Waals surface area contributed by atoms with E-state index in [9.17, 15) is 8.42 Å². The van der Waals surface area contributed by atoms with Crippen molar-refractivity contribution in [2.75, 3.05) is 4.72 Å². The first kappa shape index (κ1) is 14.0. The van der Waals surface area contributed by atoms with Gasteiger partial charge in [-0.3, -0.25) is 9.71 Å². The average molecular weight is 297 g/mol. The Bertz CT molecular complexity index is 693. The van der Waals surface area contributed by atoms with Crippen LogP contribution in [-0.2, 0) is 16.6 Å². The fraction of sp³-hybridized carbons (Fsp3) is 0.250. The van der Waals surface area contributed by atoms with Crippen molar-refractivity contribution in [2.45, 2.75) is 25.3 Å². The van der Waals surface area contributed by atoms with E-state index >= 15 is 0 Å². The molecule has 0 spiro atoms. The molecule has 0 aliphatic heterocycles. The third-order valence-corrected chi connectivity index (χ3v) is 5.25. The SMILES string of the molecule is Cc1cncc(NS(=O)(=O)c2cc(CN)sc2C)c1. The molecule has 19 heavy (non-hydrogen) atoms. The van der Waals surface area contributed by atoms with Crippen molar-refractivity contribution in [3.8, 4) is 0 Å². The molecule has 0 bridgehead atoms. The van der Waals surface area contributed by atoms with Crippen molar-refractivity contribution in [2.24, 2.45) is 5.73 Å². The first-order chi connectivity index (χ1) is 8.92. The summed E-state index contributed by atoms with van der Waals surface area (Å²) in [6, 6.07) is 3.35. The molecule has 0 aliphatic carbocycles. The molecule has 5 nitrogen and oxygen atoms in total. The second kappa shape index (κ2) is 5.28. The number of thiophene rings is 1. The molecular weight excluding hydrogens is 282 g/mol. The summed E-state index contributed by atoms with van der Waals surface area (Å²) in [5.74, 6) is 0. The first-order valence-electron chi connectivity index (χ1n) is 5.66. The number of sulfonamides is 1. The van der Waals surface area contributed by atoms with E-state index in [1.54, 1.807) is 25.3 Å². The Morgan fingerprint density at radius 1 is 1.32 bits per heavy atom. The van der Waals surface area contributed by atoms with Crippen LogP contribution < -0.4 is 10.5 Å². The van der Waals surface area contributed by atoms with Gasteiger partial charge in [0.1, 0.15) is 4.90 Å².